The van der Waals surface area contributed by atoms with Crippen molar-refractivity contribution in [1.29, 1.82) is 0 Å². The summed E-state index contributed by atoms with van der Waals surface area (Å²) in [5.41, 5.74) is -1.10. The van der Waals surface area contributed by atoms with Crippen molar-refractivity contribution in [3.63, 3.8) is 0 Å². The van der Waals surface area contributed by atoms with Gasteiger partial charge in [0.05, 0.1) is 16.9 Å². The van der Waals surface area contributed by atoms with E-state index in [1.54, 1.807) is 0 Å². The molecule has 10 heteroatoms. The van der Waals surface area contributed by atoms with Crippen molar-refractivity contribution < 1.29 is 31.5 Å². The minimum Gasteiger partial charge on any atom is -0.438 e. The highest BCUT2D eigenvalue weighted by atomic mass is 19.4. The first kappa shape index (κ1) is 20.3. The predicted octanol–water partition coefficient (Wildman–Crippen LogP) is 5.07. The van der Waals surface area contributed by atoms with Crippen molar-refractivity contribution >= 4 is 11.6 Å². The standard InChI is InChI=1S/C19H14F5N3O2/c1-10-16(17(28)25-15-7-6-12(20)9-14(15)21)18(27(2)26-10)29-13-5-3-4-11(8-13)19(22,23)24/h3-9H,1-2H3,(H,25,28). The van der Waals surface area contributed by atoms with Crippen molar-refractivity contribution in [1.82, 2.24) is 9.78 Å². The zero-order valence-corrected chi connectivity index (χ0v) is 15.1. The van der Waals surface area contributed by atoms with Crippen LogP contribution >= 0.6 is 0 Å². The number of rotatable bonds is 4. The Labute approximate surface area is 161 Å². The normalized spacial score (nSPS) is 11.4. The number of benzene rings is 2. The SMILES string of the molecule is Cc1nn(C)c(Oc2cccc(C(F)(F)F)c2)c1C(=O)Nc1ccc(F)cc1F. The van der Waals surface area contributed by atoms with Gasteiger partial charge in [0, 0.05) is 13.1 Å². The molecule has 1 N–H and O–H groups in total. The lowest BCUT2D eigenvalue weighted by Crippen LogP contribution is -2.15. The van der Waals surface area contributed by atoms with Gasteiger partial charge in [-0.3, -0.25) is 4.79 Å². The Kier molecular flexibility index (Phi) is 5.27. The number of hydrogen-bond acceptors (Lipinski definition) is 3. The zero-order chi connectivity index (χ0) is 21.3. The van der Waals surface area contributed by atoms with Crippen LogP contribution in [-0.2, 0) is 13.2 Å². The van der Waals surface area contributed by atoms with Crippen molar-refractivity contribution in [2.24, 2.45) is 7.05 Å². The second-order valence-electron chi connectivity index (χ2n) is 6.10. The van der Waals surface area contributed by atoms with E-state index in [-0.39, 0.29) is 28.6 Å². The summed E-state index contributed by atoms with van der Waals surface area (Å²) in [6, 6.07) is 6.73. The highest BCUT2D eigenvalue weighted by Crippen LogP contribution is 2.34. The van der Waals surface area contributed by atoms with E-state index in [0.717, 1.165) is 30.3 Å². The molecule has 152 valence electrons. The maximum absolute atomic E-state index is 13.8. The van der Waals surface area contributed by atoms with E-state index in [0.29, 0.717) is 6.07 Å². The zero-order valence-electron chi connectivity index (χ0n) is 15.1. The molecule has 0 radical (unpaired) electrons. The van der Waals surface area contributed by atoms with Gasteiger partial charge in [-0.1, -0.05) is 6.07 Å². The van der Waals surface area contributed by atoms with Crippen LogP contribution in [0.25, 0.3) is 0 Å². The lowest BCUT2D eigenvalue weighted by atomic mass is 10.2. The van der Waals surface area contributed by atoms with E-state index >= 15 is 0 Å². The number of alkyl halides is 3. The maximum atomic E-state index is 13.8. The van der Waals surface area contributed by atoms with Crippen LogP contribution in [0, 0.1) is 18.6 Å². The van der Waals surface area contributed by atoms with Gasteiger partial charge >= 0.3 is 6.18 Å². The Balaban J connectivity index is 1.93. The van der Waals surface area contributed by atoms with Crippen LogP contribution in [-0.4, -0.2) is 15.7 Å². The molecule has 3 aromatic rings. The van der Waals surface area contributed by atoms with Crippen LogP contribution in [0.1, 0.15) is 21.6 Å². The van der Waals surface area contributed by atoms with E-state index < -0.39 is 29.3 Å². The van der Waals surface area contributed by atoms with Gasteiger partial charge < -0.3 is 10.1 Å². The van der Waals surface area contributed by atoms with Crippen LogP contribution < -0.4 is 10.1 Å². The number of carbonyl (C=O) groups excluding carboxylic acids is 1. The fraction of sp³-hybridized carbons (Fsp3) is 0.158. The molecule has 3 rings (SSSR count). The average Bonchev–Trinajstić information content (AvgIpc) is 2.90. The summed E-state index contributed by atoms with van der Waals surface area (Å²) in [7, 11) is 1.44. The fourth-order valence-electron chi connectivity index (χ4n) is 2.64. The Morgan fingerprint density at radius 1 is 1.14 bits per heavy atom. The summed E-state index contributed by atoms with van der Waals surface area (Å²) in [5.74, 6) is -2.92. The lowest BCUT2D eigenvalue weighted by Gasteiger charge is -2.12. The summed E-state index contributed by atoms with van der Waals surface area (Å²) in [4.78, 5) is 12.6. The van der Waals surface area contributed by atoms with E-state index in [2.05, 4.69) is 10.4 Å². The molecular formula is C19H14F5N3O2. The topological polar surface area (TPSA) is 56.2 Å². The van der Waals surface area contributed by atoms with Gasteiger partial charge in [0.15, 0.2) is 0 Å². The first-order valence-corrected chi connectivity index (χ1v) is 8.21. The first-order chi connectivity index (χ1) is 13.6. The van der Waals surface area contributed by atoms with Gasteiger partial charge in [0.2, 0.25) is 5.88 Å². The molecule has 1 aromatic heterocycles. The molecule has 1 heterocycles. The molecule has 0 aliphatic rings. The third-order valence-corrected chi connectivity index (χ3v) is 3.95. The molecule has 0 bridgehead atoms. The van der Waals surface area contributed by atoms with Crippen LogP contribution in [0.3, 0.4) is 0 Å². The van der Waals surface area contributed by atoms with Gasteiger partial charge in [-0.15, -0.1) is 0 Å². The smallest absolute Gasteiger partial charge is 0.416 e. The minimum atomic E-state index is -4.57. The number of halogens is 5. The lowest BCUT2D eigenvalue weighted by molar-refractivity contribution is -0.137. The molecule has 0 fully saturated rings. The quantitative estimate of drug-likeness (QED) is 0.610. The molecule has 2 aromatic carbocycles. The van der Waals surface area contributed by atoms with E-state index in [1.165, 1.54) is 24.7 Å². The molecule has 29 heavy (non-hydrogen) atoms. The van der Waals surface area contributed by atoms with Crippen LogP contribution in [0.2, 0.25) is 0 Å². The van der Waals surface area contributed by atoms with Crippen LogP contribution in [0.4, 0.5) is 27.6 Å². The number of nitrogens with one attached hydrogen (secondary N) is 1. The van der Waals surface area contributed by atoms with Crippen molar-refractivity contribution in [2.45, 2.75) is 13.1 Å². The molecule has 0 unspecified atom stereocenters. The number of hydrogen-bond donors (Lipinski definition) is 1. The van der Waals surface area contributed by atoms with Crippen molar-refractivity contribution in [3.05, 3.63) is 70.9 Å². The predicted molar refractivity (Wildman–Crippen MR) is 93.8 cm³/mol. The monoisotopic (exact) mass is 411 g/mol. The number of nitrogens with zero attached hydrogens (tertiary/aromatic N) is 2. The first-order valence-electron chi connectivity index (χ1n) is 8.21. The molecule has 0 atom stereocenters. The van der Waals surface area contributed by atoms with Gasteiger partial charge in [0.1, 0.15) is 22.9 Å². The Bertz CT molecular complexity index is 1080. The third-order valence-electron chi connectivity index (χ3n) is 3.95. The fourth-order valence-corrected chi connectivity index (χ4v) is 2.64. The van der Waals surface area contributed by atoms with Crippen molar-refractivity contribution in [2.75, 3.05) is 5.32 Å². The molecule has 0 spiro atoms. The van der Waals surface area contributed by atoms with Gasteiger partial charge in [-0.2, -0.15) is 18.3 Å². The van der Waals surface area contributed by atoms with Gasteiger partial charge in [-0.25, -0.2) is 13.5 Å². The number of amides is 1. The summed E-state index contributed by atoms with van der Waals surface area (Å²) in [6.07, 6.45) is -4.57. The van der Waals surface area contributed by atoms with E-state index in [9.17, 15) is 26.7 Å². The largest absolute Gasteiger partial charge is 0.438 e. The molecule has 0 aliphatic heterocycles. The Morgan fingerprint density at radius 3 is 2.52 bits per heavy atom. The molecule has 0 saturated carbocycles. The summed E-state index contributed by atoms with van der Waals surface area (Å²) >= 11 is 0. The maximum Gasteiger partial charge on any atom is 0.416 e. The highest BCUT2D eigenvalue weighted by molar-refractivity contribution is 6.06. The van der Waals surface area contributed by atoms with Crippen molar-refractivity contribution in [3.8, 4) is 11.6 Å². The number of aryl methyl sites for hydroxylation is 2. The molecule has 0 aliphatic carbocycles. The Morgan fingerprint density at radius 2 is 1.86 bits per heavy atom. The van der Waals surface area contributed by atoms with Gasteiger partial charge in [-0.05, 0) is 37.3 Å². The van der Waals surface area contributed by atoms with E-state index in [1.807, 2.05) is 0 Å². The molecular weight excluding hydrogens is 397 g/mol. The number of aromatic nitrogens is 2. The minimum absolute atomic E-state index is 0.103. The summed E-state index contributed by atoms with van der Waals surface area (Å²) in [5, 5.41) is 6.31. The molecule has 0 saturated heterocycles. The number of carbonyl (C=O) groups is 1. The Hall–Kier alpha value is -3.43. The third kappa shape index (κ3) is 4.36. The molecule has 5 nitrogen and oxygen atoms in total. The van der Waals surface area contributed by atoms with Crippen LogP contribution in [0.15, 0.2) is 42.5 Å². The molecule has 1 amide bonds. The van der Waals surface area contributed by atoms with Crippen LogP contribution in [0.5, 0.6) is 11.6 Å². The summed E-state index contributed by atoms with van der Waals surface area (Å²) in [6.45, 7) is 1.48. The number of ether oxygens (including phenoxy) is 1. The van der Waals surface area contributed by atoms with E-state index in [4.69, 9.17) is 4.74 Å². The second-order valence-corrected chi connectivity index (χ2v) is 6.10. The van der Waals surface area contributed by atoms with Gasteiger partial charge in [0.25, 0.3) is 5.91 Å². The second kappa shape index (κ2) is 7.53. The average molecular weight is 411 g/mol. The highest BCUT2D eigenvalue weighted by Gasteiger charge is 2.31. The summed E-state index contributed by atoms with van der Waals surface area (Å²) < 4.78 is 72.2. The number of anilines is 1.